The topological polar surface area (TPSA) is 111 Å². The molecule has 0 spiro atoms. The Morgan fingerprint density at radius 2 is 2.11 bits per heavy atom. The first kappa shape index (κ1) is 13.1. The van der Waals surface area contributed by atoms with E-state index in [1.807, 2.05) is 0 Å². The second-order valence-electron chi connectivity index (χ2n) is 4.55. The van der Waals surface area contributed by atoms with Crippen molar-refractivity contribution in [3.8, 4) is 5.88 Å². The van der Waals surface area contributed by atoms with Crippen LogP contribution >= 0.6 is 0 Å². The van der Waals surface area contributed by atoms with Gasteiger partial charge in [0.1, 0.15) is 0 Å². The minimum atomic E-state index is -0.925. The van der Waals surface area contributed by atoms with E-state index in [1.54, 1.807) is 0 Å². The Morgan fingerprint density at radius 3 is 2.74 bits per heavy atom. The van der Waals surface area contributed by atoms with Crippen molar-refractivity contribution in [1.82, 2.24) is 9.88 Å². The molecule has 1 amide bonds. The maximum Gasteiger partial charge on any atom is 0.308 e. The Balaban J connectivity index is 2.19. The van der Waals surface area contributed by atoms with Crippen molar-refractivity contribution in [2.45, 2.75) is 12.8 Å². The zero-order valence-corrected chi connectivity index (χ0v) is 10.1. The number of aromatic nitrogens is 1. The zero-order chi connectivity index (χ0) is 14.0. The summed E-state index contributed by atoms with van der Waals surface area (Å²) in [6, 6.07) is 2.25. The van der Waals surface area contributed by atoms with Crippen molar-refractivity contribution >= 4 is 11.9 Å². The molecule has 1 atom stereocenters. The van der Waals surface area contributed by atoms with Gasteiger partial charge >= 0.3 is 5.97 Å². The normalized spacial score (nSPS) is 19.2. The van der Waals surface area contributed by atoms with E-state index in [1.165, 1.54) is 4.90 Å². The van der Waals surface area contributed by atoms with Crippen molar-refractivity contribution in [3.05, 3.63) is 28.0 Å². The first-order chi connectivity index (χ1) is 8.97. The van der Waals surface area contributed by atoms with E-state index >= 15 is 0 Å². The van der Waals surface area contributed by atoms with E-state index in [0.717, 1.165) is 12.1 Å². The minimum Gasteiger partial charge on any atom is -0.494 e. The third-order valence-corrected chi connectivity index (χ3v) is 3.13. The highest BCUT2D eigenvalue weighted by molar-refractivity contribution is 5.94. The van der Waals surface area contributed by atoms with Gasteiger partial charge in [-0.25, -0.2) is 0 Å². The van der Waals surface area contributed by atoms with Gasteiger partial charge in [-0.2, -0.15) is 0 Å². The molecule has 2 rings (SSSR count). The SMILES string of the molecule is O=C(O)[C@@H]1CCCN(C(=O)c2cc(O)[nH]c(=O)c2)C1. The molecule has 1 aromatic heterocycles. The molecular formula is C12H14N2O5. The van der Waals surface area contributed by atoms with Crippen molar-refractivity contribution in [2.24, 2.45) is 5.92 Å². The Kier molecular flexibility index (Phi) is 3.55. The maximum atomic E-state index is 12.1. The molecule has 1 aromatic rings. The fourth-order valence-corrected chi connectivity index (χ4v) is 2.20. The number of nitrogens with zero attached hydrogens (tertiary/aromatic N) is 1. The van der Waals surface area contributed by atoms with Crippen LogP contribution in [0.1, 0.15) is 23.2 Å². The first-order valence-corrected chi connectivity index (χ1v) is 5.93. The summed E-state index contributed by atoms with van der Waals surface area (Å²) in [5, 5.41) is 18.2. The number of carboxylic acids is 1. The molecule has 0 aliphatic carbocycles. The van der Waals surface area contributed by atoms with E-state index in [9.17, 15) is 19.5 Å². The largest absolute Gasteiger partial charge is 0.494 e. The van der Waals surface area contributed by atoms with Crippen LogP contribution in [0.4, 0.5) is 0 Å². The molecule has 1 saturated heterocycles. The summed E-state index contributed by atoms with van der Waals surface area (Å²) in [5.41, 5.74) is -0.512. The first-order valence-electron chi connectivity index (χ1n) is 5.93. The van der Waals surface area contributed by atoms with E-state index in [-0.39, 0.29) is 18.0 Å². The Hall–Kier alpha value is -2.31. The van der Waals surface area contributed by atoms with Gasteiger partial charge in [-0.3, -0.25) is 19.4 Å². The lowest BCUT2D eigenvalue weighted by Crippen LogP contribution is -2.42. The summed E-state index contributed by atoms with van der Waals surface area (Å²) in [5.74, 6) is -2.32. The van der Waals surface area contributed by atoms with E-state index < -0.39 is 23.4 Å². The number of carboxylic acid groups (broad SMARTS) is 1. The number of carbonyl (C=O) groups is 2. The molecule has 3 N–H and O–H groups in total. The summed E-state index contributed by atoms with van der Waals surface area (Å²) in [6.07, 6.45) is 1.15. The molecular weight excluding hydrogens is 252 g/mol. The maximum absolute atomic E-state index is 12.1. The Morgan fingerprint density at radius 1 is 1.37 bits per heavy atom. The van der Waals surface area contributed by atoms with Crippen LogP contribution in [0.15, 0.2) is 16.9 Å². The quantitative estimate of drug-likeness (QED) is 0.698. The Bertz CT molecular complexity index is 565. The van der Waals surface area contributed by atoms with Gasteiger partial charge in [0.2, 0.25) is 0 Å². The molecule has 0 aromatic carbocycles. The number of aromatic amines is 1. The zero-order valence-electron chi connectivity index (χ0n) is 10.1. The summed E-state index contributed by atoms with van der Waals surface area (Å²) in [7, 11) is 0. The third kappa shape index (κ3) is 2.93. The van der Waals surface area contributed by atoms with Gasteiger partial charge in [0, 0.05) is 25.2 Å². The molecule has 0 radical (unpaired) electrons. The number of hydrogen-bond acceptors (Lipinski definition) is 4. The number of H-pyrrole nitrogens is 1. The molecule has 0 bridgehead atoms. The molecule has 1 fully saturated rings. The Labute approximate surface area is 108 Å². The van der Waals surface area contributed by atoms with Crippen LogP contribution in [-0.2, 0) is 4.79 Å². The summed E-state index contributed by atoms with van der Waals surface area (Å²) in [6.45, 7) is 0.581. The number of rotatable bonds is 2. The highest BCUT2D eigenvalue weighted by atomic mass is 16.4. The number of aliphatic carboxylic acids is 1. The lowest BCUT2D eigenvalue weighted by molar-refractivity contribution is -0.143. The van der Waals surface area contributed by atoms with E-state index in [0.29, 0.717) is 19.4 Å². The predicted molar refractivity (Wildman–Crippen MR) is 65.0 cm³/mol. The number of nitrogens with one attached hydrogen (secondary N) is 1. The van der Waals surface area contributed by atoms with E-state index in [4.69, 9.17) is 5.11 Å². The third-order valence-electron chi connectivity index (χ3n) is 3.13. The number of pyridine rings is 1. The highest BCUT2D eigenvalue weighted by Crippen LogP contribution is 2.19. The van der Waals surface area contributed by atoms with Crippen LogP contribution < -0.4 is 5.56 Å². The van der Waals surface area contributed by atoms with Gasteiger partial charge in [-0.1, -0.05) is 0 Å². The molecule has 102 valence electrons. The standard InChI is InChI=1S/C12H14N2O5/c15-9-4-8(5-10(16)13-9)11(17)14-3-1-2-7(6-14)12(18)19/h4-5,7H,1-3,6H2,(H,18,19)(H2,13,15,16)/t7-/m1/s1. The van der Waals surface area contributed by atoms with Crippen molar-refractivity contribution in [1.29, 1.82) is 0 Å². The molecule has 2 heterocycles. The van der Waals surface area contributed by atoms with Crippen molar-refractivity contribution < 1.29 is 19.8 Å². The monoisotopic (exact) mass is 266 g/mol. The van der Waals surface area contributed by atoms with Crippen LogP contribution in [0.2, 0.25) is 0 Å². The minimum absolute atomic E-state index is 0.0623. The smallest absolute Gasteiger partial charge is 0.308 e. The van der Waals surface area contributed by atoms with Crippen LogP contribution in [0.5, 0.6) is 5.88 Å². The second kappa shape index (κ2) is 5.13. The van der Waals surface area contributed by atoms with Crippen LogP contribution in [0.25, 0.3) is 0 Å². The van der Waals surface area contributed by atoms with Gasteiger partial charge in [0.15, 0.2) is 5.88 Å². The second-order valence-corrected chi connectivity index (χ2v) is 4.55. The summed E-state index contributed by atoms with van der Waals surface area (Å²) < 4.78 is 0. The van der Waals surface area contributed by atoms with Gasteiger partial charge in [0.25, 0.3) is 11.5 Å². The van der Waals surface area contributed by atoms with Gasteiger partial charge in [-0.05, 0) is 12.8 Å². The average Bonchev–Trinajstić information content (AvgIpc) is 2.37. The molecule has 0 saturated carbocycles. The number of carbonyl (C=O) groups excluding carboxylic acids is 1. The number of piperidine rings is 1. The van der Waals surface area contributed by atoms with Crippen molar-refractivity contribution in [3.63, 3.8) is 0 Å². The number of amides is 1. The molecule has 7 nitrogen and oxygen atoms in total. The molecule has 0 unspecified atom stereocenters. The van der Waals surface area contributed by atoms with Gasteiger partial charge < -0.3 is 15.1 Å². The van der Waals surface area contributed by atoms with Crippen molar-refractivity contribution in [2.75, 3.05) is 13.1 Å². The fourth-order valence-electron chi connectivity index (χ4n) is 2.20. The highest BCUT2D eigenvalue weighted by Gasteiger charge is 2.28. The van der Waals surface area contributed by atoms with Crippen LogP contribution in [-0.4, -0.2) is 45.1 Å². The molecule has 19 heavy (non-hydrogen) atoms. The fraction of sp³-hybridized carbons (Fsp3) is 0.417. The molecule has 1 aliphatic heterocycles. The van der Waals surface area contributed by atoms with Crippen LogP contribution in [0.3, 0.4) is 0 Å². The number of aromatic hydroxyl groups is 1. The van der Waals surface area contributed by atoms with E-state index in [2.05, 4.69) is 4.98 Å². The molecule has 7 heteroatoms. The van der Waals surface area contributed by atoms with Crippen LogP contribution in [0, 0.1) is 5.92 Å². The predicted octanol–water partition coefficient (Wildman–Crippen LogP) is 0.0173. The molecule has 1 aliphatic rings. The summed E-state index contributed by atoms with van der Waals surface area (Å²) >= 11 is 0. The average molecular weight is 266 g/mol. The lowest BCUT2D eigenvalue weighted by Gasteiger charge is -2.30. The van der Waals surface area contributed by atoms with Gasteiger partial charge in [0.05, 0.1) is 11.5 Å². The summed E-state index contributed by atoms with van der Waals surface area (Å²) in [4.78, 5) is 37.8. The number of hydrogen-bond donors (Lipinski definition) is 3. The van der Waals surface area contributed by atoms with Gasteiger partial charge in [-0.15, -0.1) is 0 Å². The lowest BCUT2D eigenvalue weighted by atomic mass is 9.98. The number of likely N-dealkylation sites (tertiary alicyclic amines) is 1.